The number of carboxylic acids is 1. The number of aryl methyl sites for hydroxylation is 1. The van der Waals surface area contributed by atoms with Crippen molar-refractivity contribution in [2.45, 2.75) is 46.1 Å². The van der Waals surface area contributed by atoms with Gasteiger partial charge in [0.2, 0.25) is 5.91 Å². The fourth-order valence-electron chi connectivity index (χ4n) is 2.96. The summed E-state index contributed by atoms with van der Waals surface area (Å²) in [4.78, 5) is 36.1. The summed E-state index contributed by atoms with van der Waals surface area (Å²) in [7, 11) is 0. The average Bonchev–Trinajstić information content (AvgIpc) is 2.62. The van der Waals surface area contributed by atoms with E-state index in [1.165, 1.54) is 0 Å². The second kappa shape index (κ2) is 8.65. The van der Waals surface area contributed by atoms with E-state index >= 15 is 0 Å². The molecule has 0 aromatic heterocycles. The molecule has 2 amide bonds. The number of carboxylic acid groups (broad SMARTS) is 1. The topological polar surface area (TPSA) is 95.5 Å². The molecule has 1 aliphatic carbocycles. The summed E-state index contributed by atoms with van der Waals surface area (Å²) in [6, 6.07) is 5.17. The maximum absolute atomic E-state index is 12.6. The van der Waals surface area contributed by atoms with Gasteiger partial charge in [0.1, 0.15) is 0 Å². The second-order valence-electron chi connectivity index (χ2n) is 6.80. The number of amides is 2. The molecule has 0 fully saturated rings. The summed E-state index contributed by atoms with van der Waals surface area (Å²) in [5.41, 5.74) is 1.88. The lowest BCUT2D eigenvalue weighted by atomic mass is 9.82. The van der Waals surface area contributed by atoms with Crippen molar-refractivity contribution in [1.29, 1.82) is 0 Å². The molecule has 1 aromatic rings. The molecule has 0 saturated heterocycles. The van der Waals surface area contributed by atoms with Gasteiger partial charge < -0.3 is 15.7 Å². The minimum atomic E-state index is -0.955. The number of nitrogens with one attached hydrogen (secondary N) is 2. The minimum Gasteiger partial charge on any atom is -0.481 e. The van der Waals surface area contributed by atoms with Crippen LogP contribution in [-0.4, -0.2) is 28.9 Å². The Morgan fingerprint density at radius 2 is 1.85 bits per heavy atom. The fourth-order valence-corrected chi connectivity index (χ4v) is 2.96. The third kappa shape index (κ3) is 4.71. The second-order valence-corrected chi connectivity index (χ2v) is 6.80. The zero-order valence-electron chi connectivity index (χ0n) is 15.4. The lowest BCUT2D eigenvalue weighted by Crippen LogP contribution is -2.35. The highest BCUT2D eigenvalue weighted by Gasteiger charge is 2.34. The van der Waals surface area contributed by atoms with Gasteiger partial charge in [0.05, 0.1) is 11.8 Å². The van der Waals surface area contributed by atoms with Crippen LogP contribution in [0.1, 0.15) is 49.0 Å². The first-order valence-electron chi connectivity index (χ1n) is 8.93. The number of benzene rings is 1. The highest BCUT2D eigenvalue weighted by molar-refractivity contribution is 5.98. The molecule has 0 saturated carbocycles. The monoisotopic (exact) mass is 358 g/mol. The van der Waals surface area contributed by atoms with Crippen LogP contribution in [0.25, 0.3) is 0 Å². The minimum absolute atomic E-state index is 0.0921. The van der Waals surface area contributed by atoms with Gasteiger partial charge in [-0.3, -0.25) is 14.4 Å². The van der Waals surface area contributed by atoms with Gasteiger partial charge in [0.25, 0.3) is 5.91 Å². The Hall–Kier alpha value is -2.63. The van der Waals surface area contributed by atoms with E-state index in [0.717, 1.165) is 12.0 Å². The molecule has 140 valence electrons. The van der Waals surface area contributed by atoms with Gasteiger partial charge in [-0.25, -0.2) is 0 Å². The third-order valence-corrected chi connectivity index (χ3v) is 4.82. The summed E-state index contributed by atoms with van der Waals surface area (Å²) < 4.78 is 0. The highest BCUT2D eigenvalue weighted by atomic mass is 16.4. The quantitative estimate of drug-likeness (QED) is 0.681. The summed E-state index contributed by atoms with van der Waals surface area (Å²) in [5, 5.41) is 15.0. The molecule has 0 spiro atoms. The standard InChI is InChI=1S/C20H26N2O4/c1-4-13(3)21-18(23)14-9-10-17(12(2)11-14)22-19(24)15-7-5-6-8-16(15)20(25)26/h5-6,9-11,13,15-16H,4,7-8H2,1-3H3,(H,21,23)(H,22,24)(H,25,26)/t13-,15+,16+/m0/s1. The number of allylic oxidation sites excluding steroid dienone is 2. The first-order chi connectivity index (χ1) is 12.3. The summed E-state index contributed by atoms with van der Waals surface area (Å²) in [6.45, 7) is 5.75. The Morgan fingerprint density at radius 1 is 1.19 bits per heavy atom. The molecule has 2 rings (SSSR count). The SMILES string of the molecule is CC[C@H](C)NC(=O)c1ccc(NC(=O)[C@@H]2CC=CC[C@H]2C(=O)O)c(C)c1. The molecule has 6 heteroatoms. The zero-order valence-corrected chi connectivity index (χ0v) is 15.4. The van der Waals surface area contributed by atoms with Crippen molar-refractivity contribution < 1.29 is 19.5 Å². The Labute approximate surface area is 153 Å². The van der Waals surface area contributed by atoms with E-state index in [-0.39, 0.29) is 17.9 Å². The van der Waals surface area contributed by atoms with Crippen molar-refractivity contribution in [3.05, 3.63) is 41.5 Å². The molecule has 1 aromatic carbocycles. The van der Waals surface area contributed by atoms with E-state index < -0.39 is 17.8 Å². The molecule has 0 bridgehead atoms. The van der Waals surface area contributed by atoms with Crippen LogP contribution in [0.2, 0.25) is 0 Å². The van der Waals surface area contributed by atoms with Crippen LogP contribution in [-0.2, 0) is 9.59 Å². The third-order valence-electron chi connectivity index (χ3n) is 4.82. The average molecular weight is 358 g/mol. The molecule has 3 N–H and O–H groups in total. The van der Waals surface area contributed by atoms with Crippen LogP contribution in [0.5, 0.6) is 0 Å². The van der Waals surface area contributed by atoms with Gasteiger partial charge in [-0.1, -0.05) is 19.1 Å². The Balaban J connectivity index is 2.10. The number of hydrogen-bond donors (Lipinski definition) is 3. The number of carbonyl (C=O) groups is 3. The summed E-state index contributed by atoms with van der Waals surface area (Å²) >= 11 is 0. The number of anilines is 1. The van der Waals surface area contributed by atoms with Crippen molar-refractivity contribution in [2.75, 3.05) is 5.32 Å². The van der Waals surface area contributed by atoms with Crippen LogP contribution in [0.15, 0.2) is 30.4 Å². The molecular formula is C20H26N2O4. The van der Waals surface area contributed by atoms with Crippen molar-refractivity contribution in [1.82, 2.24) is 5.32 Å². The smallest absolute Gasteiger partial charge is 0.307 e. The Morgan fingerprint density at radius 3 is 2.42 bits per heavy atom. The van der Waals surface area contributed by atoms with Crippen LogP contribution < -0.4 is 10.6 Å². The van der Waals surface area contributed by atoms with Crippen LogP contribution in [0.4, 0.5) is 5.69 Å². The van der Waals surface area contributed by atoms with E-state index in [0.29, 0.717) is 24.1 Å². The lowest BCUT2D eigenvalue weighted by molar-refractivity contribution is -0.146. The molecular weight excluding hydrogens is 332 g/mol. The van der Waals surface area contributed by atoms with E-state index in [9.17, 15) is 19.5 Å². The van der Waals surface area contributed by atoms with E-state index in [1.54, 1.807) is 24.3 Å². The van der Waals surface area contributed by atoms with E-state index in [2.05, 4.69) is 10.6 Å². The van der Waals surface area contributed by atoms with Gasteiger partial charge in [-0.2, -0.15) is 0 Å². The van der Waals surface area contributed by atoms with Crippen LogP contribution in [0.3, 0.4) is 0 Å². The van der Waals surface area contributed by atoms with Gasteiger partial charge in [-0.15, -0.1) is 0 Å². The molecule has 0 unspecified atom stereocenters. The fraction of sp³-hybridized carbons (Fsp3) is 0.450. The maximum Gasteiger partial charge on any atom is 0.307 e. The highest BCUT2D eigenvalue weighted by Crippen LogP contribution is 2.28. The number of carbonyl (C=O) groups excluding carboxylic acids is 2. The van der Waals surface area contributed by atoms with Gasteiger partial charge >= 0.3 is 5.97 Å². The Kier molecular flexibility index (Phi) is 6.55. The van der Waals surface area contributed by atoms with Crippen molar-refractivity contribution in [3.8, 4) is 0 Å². The van der Waals surface area contributed by atoms with Crippen molar-refractivity contribution in [2.24, 2.45) is 11.8 Å². The van der Waals surface area contributed by atoms with Crippen molar-refractivity contribution >= 4 is 23.5 Å². The van der Waals surface area contributed by atoms with Gasteiger partial charge in [-0.05, 0) is 56.9 Å². The first-order valence-corrected chi connectivity index (χ1v) is 8.93. The molecule has 0 heterocycles. The number of aliphatic carboxylic acids is 1. The molecule has 3 atom stereocenters. The van der Waals surface area contributed by atoms with E-state index in [4.69, 9.17) is 0 Å². The molecule has 6 nitrogen and oxygen atoms in total. The van der Waals surface area contributed by atoms with Gasteiger partial charge in [0, 0.05) is 17.3 Å². The maximum atomic E-state index is 12.6. The molecule has 0 aliphatic heterocycles. The van der Waals surface area contributed by atoms with Crippen LogP contribution >= 0.6 is 0 Å². The molecule has 1 aliphatic rings. The van der Waals surface area contributed by atoms with Crippen LogP contribution in [0, 0.1) is 18.8 Å². The number of rotatable bonds is 6. The molecule has 26 heavy (non-hydrogen) atoms. The number of hydrogen-bond acceptors (Lipinski definition) is 3. The summed E-state index contributed by atoms with van der Waals surface area (Å²) in [6.07, 6.45) is 5.27. The van der Waals surface area contributed by atoms with E-state index in [1.807, 2.05) is 26.8 Å². The first kappa shape index (κ1) is 19.7. The predicted octanol–water partition coefficient (Wildman–Crippen LogP) is 3.13. The summed E-state index contributed by atoms with van der Waals surface area (Å²) in [5.74, 6) is -2.71. The lowest BCUT2D eigenvalue weighted by Gasteiger charge is -2.24. The van der Waals surface area contributed by atoms with Gasteiger partial charge in [0.15, 0.2) is 0 Å². The molecule has 0 radical (unpaired) electrons. The zero-order chi connectivity index (χ0) is 19.3. The predicted molar refractivity (Wildman–Crippen MR) is 100 cm³/mol. The largest absolute Gasteiger partial charge is 0.481 e. The van der Waals surface area contributed by atoms with Crippen molar-refractivity contribution in [3.63, 3.8) is 0 Å². The Bertz CT molecular complexity index is 727. The normalized spacial score (nSPS) is 20.3.